The number of rotatable bonds is 8. The smallest absolute Gasteiger partial charge is 0.253 e. The predicted molar refractivity (Wildman–Crippen MR) is 128 cm³/mol. The van der Waals surface area contributed by atoms with E-state index >= 15 is 0 Å². The Hall–Kier alpha value is -2.56. The van der Waals surface area contributed by atoms with Gasteiger partial charge in [0.05, 0.1) is 19.4 Å². The molecular weight excluding hydrogens is 497 g/mol. The molecule has 2 aromatic rings. The van der Waals surface area contributed by atoms with Crippen molar-refractivity contribution in [1.82, 2.24) is 20.4 Å². The highest BCUT2D eigenvalue weighted by molar-refractivity contribution is 14.0. The van der Waals surface area contributed by atoms with Gasteiger partial charge in [-0.25, -0.2) is 4.99 Å². The second-order valence-electron chi connectivity index (χ2n) is 6.96. The van der Waals surface area contributed by atoms with Gasteiger partial charge in [-0.3, -0.25) is 9.59 Å². The lowest BCUT2D eigenvalue weighted by Crippen LogP contribution is -2.43. The molecule has 0 atom stereocenters. The van der Waals surface area contributed by atoms with E-state index in [1.807, 2.05) is 24.3 Å². The summed E-state index contributed by atoms with van der Waals surface area (Å²) in [6.45, 7) is 1.18. The van der Waals surface area contributed by atoms with Crippen LogP contribution in [0.3, 0.4) is 0 Å². The maximum atomic E-state index is 12.0. The van der Waals surface area contributed by atoms with Crippen molar-refractivity contribution in [3.05, 3.63) is 59.5 Å². The molecule has 9 heteroatoms. The van der Waals surface area contributed by atoms with Gasteiger partial charge in [0.1, 0.15) is 5.76 Å². The molecule has 0 radical (unpaired) electrons. The van der Waals surface area contributed by atoms with Crippen LogP contribution >= 0.6 is 24.0 Å². The molecule has 0 unspecified atom stereocenters. The highest BCUT2D eigenvalue weighted by Gasteiger charge is 2.08. The van der Waals surface area contributed by atoms with Crippen molar-refractivity contribution in [2.45, 2.75) is 13.0 Å². The maximum Gasteiger partial charge on any atom is 0.253 e. The summed E-state index contributed by atoms with van der Waals surface area (Å²) in [5.41, 5.74) is 1.60. The third-order valence-corrected chi connectivity index (χ3v) is 4.18. The van der Waals surface area contributed by atoms with Gasteiger partial charge in [-0.05, 0) is 29.8 Å². The van der Waals surface area contributed by atoms with E-state index in [1.165, 1.54) is 4.90 Å². The predicted octanol–water partition coefficient (Wildman–Crippen LogP) is 1.97. The number of carbonyl (C=O) groups is 2. The lowest BCUT2D eigenvalue weighted by Gasteiger charge is -2.15. The zero-order valence-corrected chi connectivity index (χ0v) is 20.2. The van der Waals surface area contributed by atoms with E-state index in [9.17, 15) is 9.59 Å². The van der Waals surface area contributed by atoms with Gasteiger partial charge in [0, 0.05) is 46.7 Å². The van der Waals surface area contributed by atoms with Crippen molar-refractivity contribution in [2.24, 2.45) is 4.99 Å². The van der Waals surface area contributed by atoms with Crippen molar-refractivity contribution in [3.63, 3.8) is 0 Å². The minimum Gasteiger partial charge on any atom is -0.469 e. The highest BCUT2D eigenvalue weighted by Crippen LogP contribution is 2.07. The molecule has 0 spiro atoms. The molecule has 164 valence electrons. The first-order valence-corrected chi connectivity index (χ1v) is 9.42. The van der Waals surface area contributed by atoms with E-state index in [1.54, 1.807) is 51.5 Å². The van der Waals surface area contributed by atoms with Gasteiger partial charge < -0.3 is 24.9 Å². The van der Waals surface area contributed by atoms with Crippen molar-refractivity contribution in [2.75, 3.05) is 41.3 Å². The number of guanidine groups is 1. The Morgan fingerprint density at radius 3 is 2.27 bits per heavy atom. The largest absolute Gasteiger partial charge is 0.469 e. The number of nitrogens with zero attached hydrogens (tertiary/aromatic N) is 3. The number of hydrogen-bond acceptors (Lipinski definition) is 4. The summed E-state index contributed by atoms with van der Waals surface area (Å²) < 4.78 is 5.33. The monoisotopic (exact) mass is 527 g/mol. The number of aliphatic imine (C=N–C) groups is 1. The summed E-state index contributed by atoms with van der Waals surface area (Å²) in [4.78, 5) is 31.5. The average molecular weight is 527 g/mol. The lowest BCUT2D eigenvalue weighted by atomic mass is 10.1. The van der Waals surface area contributed by atoms with Crippen LogP contribution in [-0.2, 0) is 17.8 Å². The fourth-order valence-corrected chi connectivity index (χ4v) is 2.43. The van der Waals surface area contributed by atoms with Crippen molar-refractivity contribution >= 4 is 41.8 Å². The Morgan fingerprint density at radius 2 is 1.70 bits per heavy atom. The van der Waals surface area contributed by atoms with Crippen LogP contribution in [0.5, 0.6) is 0 Å². The molecule has 2 amide bonds. The summed E-state index contributed by atoms with van der Waals surface area (Å²) in [5.74, 6) is 1.34. The summed E-state index contributed by atoms with van der Waals surface area (Å²) >= 11 is 0. The number of benzene rings is 1. The Balaban J connectivity index is 0.00000450. The summed E-state index contributed by atoms with van der Waals surface area (Å²) in [6, 6.07) is 11.1. The van der Waals surface area contributed by atoms with E-state index in [0.29, 0.717) is 31.0 Å². The summed E-state index contributed by atoms with van der Waals surface area (Å²) in [6.07, 6.45) is 2.35. The molecule has 2 N–H and O–H groups in total. The molecule has 2 rings (SSSR count). The number of amides is 2. The van der Waals surface area contributed by atoms with Gasteiger partial charge in [0.2, 0.25) is 5.91 Å². The van der Waals surface area contributed by atoms with Crippen LogP contribution in [-0.4, -0.2) is 68.9 Å². The van der Waals surface area contributed by atoms with Crippen LogP contribution in [0.2, 0.25) is 0 Å². The Labute approximate surface area is 194 Å². The molecular formula is C21H30IN5O3. The zero-order valence-electron chi connectivity index (χ0n) is 17.8. The molecule has 0 saturated carbocycles. The number of carbonyl (C=O) groups excluding carboxylic acids is 2. The molecule has 1 aromatic heterocycles. The minimum atomic E-state index is -0.0444. The number of halogens is 1. The first-order chi connectivity index (χ1) is 13.9. The number of hydrogen-bond donors (Lipinski definition) is 2. The SMILES string of the molecule is CN(C)C(=O)CNC(=NCc1ccc(C(=O)N(C)C)cc1)NCCc1ccco1.I. The molecule has 0 fully saturated rings. The van der Waals surface area contributed by atoms with Crippen LogP contribution in [0.25, 0.3) is 0 Å². The zero-order chi connectivity index (χ0) is 21.2. The van der Waals surface area contributed by atoms with E-state index < -0.39 is 0 Å². The molecule has 30 heavy (non-hydrogen) atoms. The number of nitrogens with one attached hydrogen (secondary N) is 2. The molecule has 1 aromatic carbocycles. The number of furan rings is 1. The molecule has 8 nitrogen and oxygen atoms in total. The molecule has 0 bridgehead atoms. The topological polar surface area (TPSA) is 90.2 Å². The first-order valence-electron chi connectivity index (χ1n) is 9.42. The normalized spacial score (nSPS) is 10.7. The van der Waals surface area contributed by atoms with Crippen molar-refractivity contribution in [3.8, 4) is 0 Å². The van der Waals surface area contributed by atoms with Crippen LogP contribution < -0.4 is 10.6 Å². The number of likely N-dealkylation sites (N-methyl/N-ethyl adjacent to an activating group) is 1. The summed E-state index contributed by atoms with van der Waals surface area (Å²) in [7, 11) is 6.87. The third kappa shape index (κ3) is 8.44. The second kappa shape index (κ2) is 12.9. The molecule has 0 aliphatic rings. The lowest BCUT2D eigenvalue weighted by molar-refractivity contribution is -0.127. The Kier molecular flexibility index (Phi) is 10.9. The van der Waals surface area contributed by atoms with Gasteiger partial charge in [-0.2, -0.15) is 0 Å². The van der Waals surface area contributed by atoms with E-state index in [0.717, 1.165) is 11.3 Å². The molecule has 1 heterocycles. The second-order valence-corrected chi connectivity index (χ2v) is 6.96. The van der Waals surface area contributed by atoms with Crippen molar-refractivity contribution < 1.29 is 14.0 Å². The van der Waals surface area contributed by atoms with Gasteiger partial charge in [0.15, 0.2) is 5.96 Å². The molecule has 0 saturated heterocycles. The van der Waals surface area contributed by atoms with Gasteiger partial charge >= 0.3 is 0 Å². The highest BCUT2D eigenvalue weighted by atomic mass is 127. The van der Waals surface area contributed by atoms with Gasteiger partial charge in [-0.1, -0.05) is 12.1 Å². The van der Waals surface area contributed by atoms with Crippen LogP contribution in [0.1, 0.15) is 21.7 Å². The summed E-state index contributed by atoms with van der Waals surface area (Å²) in [5, 5.41) is 6.27. The average Bonchev–Trinajstić information content (AvgIpc) is 3.22. The van der Waals surface area contributed by atoms with Gasteiger partial charge in [0.25, 0.3) is 5.91 Å². The quantitative estimate of drug-likeness (QED) is 0.312. The molecule has 0 aliphatic heterocycles. The third-order valence-electron chi connectivity index (χ3n) is 4.18. The van der Waals surface area contributed by atoms with E-state index in [-0.39, 0.29) is 42.3 Å². The standard InChI is InChI=1S/C21H29N5O3.HI/c1-25(2)19(27)15-24-21(22-12-11-18-6-5-13-29-18)23-14-16-7-9-17(10-8-16)20(28)26(3)4;/h5-10,13H,11-12,14-15H2,1-4H3,(H2,22,23,24);1H. The fourth-order valence-electron chi connectivity index (χ4n) is 2.43. The Bertz CT molecular complexity index is 818. The van der Waals surface area contributed by atoms with Crippen LogP contribution in [0.15, 0.2) is 52.1 Å². The first kappa shape index (κ1) is 25.5. The van der Waals surface area contributed by atoms with E-state index in [4.69, 9.17) is 4.42 Å². The fraction of sp³-hybridized carbons (Fsp3) is 0.381. The van der Waals surface area contributed by atoms with Gasteiger partial charge in [-0.15, -0.1) is 24.0 Å². The van der Waals surface area contributed by atoms with Crippen LogP contribution in [0, 0.1) is 0 Å². The van der Waals surface area contributed by atoms with Crippen LogP contribution in [0.4, 0.5) is 0 Å². The molecule has 0 aliphatic carbocycles. The van der Waals surface area contributed by atoms with Crippen molar-refractivity contribution in [1.29, 1.82) is 0 Å². The van der Waals surface area contributed by atoms with E-state index in [2.05, 4.69) is 15.6 Å². The maximum absolute atomic E-state index is 12.0. The Morgan fingerprint density at radius 1 is 1.00 bits per heavy atom. The minimum absolute atomic E-state index is 0.